The minimum Gasteiger partial charge on any atom is -0.382 e. The number of benzene rings is 1. The summed E-state index contributed by atoms with van der Waals surface area (Å²) in [5.74, 6) is 0. The van der Waals surface area contributed by atoms with Gasteiger partial charge in [-0.2, -0.15) is 0 Å². The number of alkyl halides is 1. The maximum Gasteiger partial charge on any atom is 0.107 e. The van der Waals surface area contributed by atoms with Gasteiger partial charge in [-0.3, -0.25) is 0 Å². The summed E-state index contributed by atoms with van der Waals surface area (Å²) in [6.07, 6.45) is 2.30. The van der Waals surface area contributed by atoms with Crippen molar-refractivity contribution in [2.75, 3.05) is 25.1 Å². The Morgan fingerprint density at radius 1 is 1.35 bits per heavy atom. The van der Waals surface area contributed by atoms with Crippen molar-refractivity contribution in [3.05, 3.63) is 28.0 Å². The Morgan fingerprint density at radius 3 is 2.90 bits per heavy atom. The van der Waals surface area contributed by atoms with Crippen LogP contribution in [0.15, 0.2) is 24.3 Å². The predicted molar refractivity (Wildman–Crippen MR) is 90.1 cm³/mol. The molecule has 0 radical (unpaired) electrons. The van der Waals surface area contributed by atoms with Crippen molar-refractivity contribution in [1.29, 1.82) is 0 Å². The summed E-state index contributed by atoms with van der Waals surface area (Å²) in [5, 5.41) is 8.23. The van der Waals surface area contributed by atoms with Crippen LogP contribution in [0.3, 0.4) is 0 Å². The first-order valence-electron chi connectivity index (χ1n) is 7.10. The van der Waals surface area contributed by atoms with Crippen LogP contribution in [0.2, 0.25) is 0 Å². The predicted octanol–water partition coefficient (Wildman–Crippen LogP) is 3.38. The quantitative estimate of drug-likeness (QED) is 0.788. The van der Waals surface area contributed by atoms with Crippen molar-refractivity contribution in [2.45, 2.75) is 25.4 Å². The van der Waals surface area contributed by atoms with Gasteiger partial charge in [0.25, 0.3) is 0 Å². The van der Waals surface area contributed by atoms with Crippen LogP contribution in [-0.4, -0.2) is 30.4 Å². The monoisotopic (exact) mass is 387 g/mol. The van der Waals surface area contributed by atoms with Gasteiger partial charge < -0.3 is 15.2 Å². The number of aromatic nitrogens is 1. The number of rotatable bonds is 4. The molecular weight excluding hydrogens is 368 g/mol. The Balaban J connectivity index is 1.92. The fourth-order valence-electron chi connectivity index (χ4n) is 2.88. The molecule has 0 amide bonds. The molecule has 1 aliphatic heterocycles. The zero-order valence-corrected chi connectivity index (χ0v) is 13.5. The lowest BCUT2D eigenvalue weighted by Gasteiger charge is -2.25. The number of piperidine rings is 1. The molecule has 0 bridgehead atoms. The highest BCUT2D eigenvalue weighted by molar-refractivity contribution is 14.1. The van der Waals surface area contributed by atoms with Crippen molar-refractivity contribution < 1.29 is 4.39 Å². The molecule has 1 aliphatic rings. The number of nitrogens with one attached hydrogen (secondary N) is 2. The molecule has 0 unspecified atom stereocenters. The first kappa shape index (κ1) is 14.1. The standard InChI is InChI=1S/C15H19FIN3/c16-6-9-20-14-3-1-2-13(12(14)10-15(20)17)19-11-4-7-18-8-5-11/h1-3,10-11,18-19H,4-9H2. The van der Waals surface area contributed by atoms with Crippen LogP contribution >= 0.6 is 22.6 Å². The van der Waals surface area contributed by atoms with Crippen molar-refractivity contribution in [3.63, 3.8) is 0 Å². The number of hydrogen-bond donors (Lipinski definition) is 2. The minimum absolute atomic E-state index is 0.328. The summed E-state index contributed by atoms with van der Waals surface area (Å²) in [6.45, 7) is 2.26. The lowest BCUT2D eigenvalue weighted by Crippen LogP contribution is -2.35. The molecule has 0 spiro atoms. The molecule has 108 valence electrons. The van der Waals surface area contributed by atoms with Crippen LogP contribution in [-0.2, 0) is 6.54 Å². The molecule has 1 saturated heterocycles. The van der Waals surface area contributed by atoms with Crippen LogP contribution < -0.4 is 10.6 Å². The summed E-state index contributed by atoms with van der Waals surface area (Å²) in [5.41, 5.74) is 2.29. The smallest absolute Gasteiger partial charge is 0.107 e. The van der Waals surface area contributed by atoms with Crippen molar-refractivity contribution >= 4 is 39.2 Å². The molecule has 1 fully saturated rings. The van der Waals surface area contributed by atoms with E-state index in [1.165, 1.54) is 11.1 Å². The average Bonchev–Trinajstić information content (AvgIpc) is 2.78. The van der Waals surface area contributed by atoms with Gasteiger partial charge >= 0.3 is 0 Å². The number of nitrogens with zero attached hydrogens (tertiary/aromatic N) is 1. The second-order valence-corrected chi connectivity index (χ2v) is 6.32. The molecule has 20 heavy (non-hydrogen) atoms. The molecule has 3 rings (SSSR count). The Hall–Kier alpha value is -0.820. The number of fused-ring (bicyclic) bond motifs is 1. The highest BCUT2D eigenvalue weighted by atomic mass is 127. The van der Waals surface area contributed by atoms with Gasteiger partial charge in [0.1, 0.15) is 6.67 Å². The van der Waals surface area contributed by atoms with Crippen molar-refractivity contribution in [2.24, 2.45) is 0 Å². The van der Waals surface area contributed by atoms with Gasteiger partial charge in [-0.05, 0) is 66.7 Å². The van der Waals surface area contributed by atoms with Crippen LogP contribution in [0.1, 0.15) is 12.8 Å². The van der Waals surface area contributed by atoms with E-state index in [9.17, 15) is 4.39 Å². The lowest BCUT2D eigenvalue weighted by atomic mass is 10.1. The molecule has 2 aromatic rings. The third kappa shape index (κ3) is 2.79. The van der Waals surface area contributed by atoms with E-state index in [0.29, 0.717) is 12.6 Å². The topological polar surface area (TPSA) is 29.0 Å². The fraction of sp³-hybridized carbons (Fsp3) is 0.467. The molecule has 3 nitrogen and oxygen atoms in total. The third-order valence-electron chi connectivity index (χ3n) is 3.90. The molecule has 0 saturated carbocycles. The van der Waals surface area contributed by atoms with Gasteiger partial charge in [0, 0.05) is 17.1 Å². The normalized spacial score (nSPS) is 16.7. The first-order valence-corrected chi connectivity index (χ1v) is 8.18. The summed E-state index contributed by atoms with van der Waals surface area (Å²) in [6, 6.07) is 8.93. The molecule has 5 heteroatoms. The first-order chi connectivity index (χ1) is 9.79. The third-order valence-corrected chi connectivity index (χ3v) is 4.80. The van der Waals surface area contributed by atoms with Crippen molar-refractivity contribution in [1.82, 2.24) is 9.88 Å². The SMILES string of the molecule is FCCn1c(I)cc2c(NC3CCNCC3)cccc21. The van der Waals surface area contributed by atoms with E-state index in [0.717, 1.165) is 35.1 Å². The summed E-state index contributed by atoms with van der Waals surface area (Å²) < 4.78 is 15.8. The highest BCUT2D eigenvalue weighted by Gasteiger charge is 2.15. The van der Waals surface area contributed by atoms with Crippen LogP contribution in [0, 0.1) is 3.70 Å². The van der Waals surface area contributed by atoms with Gasteiger partial charge in [0.05, 0.1) is 15.8 Å². The number of anilines is 1. The van der Waals surface area contributed by atoms with E-state index < -0.39 is 0 Å². The maximum atomic E-state index is 12.7. The number of hydrogen-bond acceptors (Lipinski definition) is 2. The molecule has 1 aromatic heterocycles. The molecule has 0 atom stereocenters. The van der Waals surface area contributed by atoms with Crippen LogP contribution in [0.25, 0.3) is 10.9 Å². The molecule has 2 heterocycles. The molecule has 2 N–H and O–H groups in total. The molecule has 1 aromatic carbocycles. The number of aryl methyl sites for hydroxylation is 1. The summed E-state index contributed by atoms with van der Waals surface area (Å²) >= 11 is 2.28. The van der Waals surface area contributed by atoms with Gasteiger partial charge in [-0.15, -0.1) is 0 Å². The van der Waals surface area contributed by atoms with E-state index >= 15 is 0 Å². The van der Waals surface area contributed by atoms with Crippen LogP contribution in [0.4, 0.5) is 10.1 Å². The fourth-order valence-corrected chi connectivity index (χ4v) is 3.69. The molecule has 0 aliphatic carbocycles. The minimum atomic E-state index is -0.328. The Bertz CT molecular complexity index is 590. The lowest BCUT2D eigenvalue weighted by molar-refractivity contribution is 0.448. The van der Waals surface area contributed by atoms with E-state index in [2.05, 4.69) is 57.5 Å². The summed E-state index contributed by atoms with van der Waals surface area (Å²) in [7, 11) is 0. The Labute approximate surface area is 132 Å². The van der Waals surface area contributed by atoms with E-state index in [-0.39, 0.29) is 6.67 Å². The largest absolute Gasteiger partial charge is 0.382 e. The second-order valence-electron chi connectivity index (χ2n) is 5.21. The van der Waals surface area contributed by atoms with Gasteiger partial charge in [0.15, 0.2) is 0 Å². The van der Waals surface area contributed by atoms with Crippen LogP contribution in [0.5, 0.6) is 0 Å². The summed E-state index contributed by atoms with van der Waals surface area (Å²) in [4.78, 5) is 0. The van der Waals surface area contributed by atoms with Gasteiger partial charge in [-0.1, -0.05) is 6.07 Å². The number of halogens is 2. The Kier molecular flexibility index (Phi) is 4.45. The molecular formula is C15H19FIN3. The van der Waals surface area contributed by atoms with Gasteiger partial charge in [-0.25, -0.2) is 4.39 Å². The second kappa shape index (κ2) is 6.30. The average molecular weight is 387 g/mol. The van der Waals surface area contributed by atoms with Crippen molar-refractivity contribution in [3.8, 4) is 0 Å². The van der Waals surface area contributed by atoms with Gasteiger partial charge in [0.2, 0.25) is 0 Å². The van der Waals surface area contributed by atoms with E-state index in [4.69, 9.17) is 0 Å². The zero-order chi connectivity index (χ0) is 13.9. The maximum absolute atomic E-state index is 12.7. The van der Waals surface area contributed by atoms with E-state index in [1.54, 1.807) is 0 Å². The van der Waals surface area contributed by atoms with E-state index in [1.807, 2.05) is 4.57 Å². The zero-order valence-electron chi connectivity index (χ0n) is 11.3. The Morgan fingerprint density at radius 2 is 2.15 bits per heavy atom. The highest BCUT2D eigenvalue weighted by Crippen LogP contribution is 2.29.